The summed E-state index contributed by atoms with van der Waals surface area (Å²) in [7, 11) is 0. The SMILES string of the molecule is O=c1[nH][nH]c(=O)c(Br)c1Br.O=c1[nH]n(Cc2ccccc2)c(=O)c(Br)c1Br. The molecule has 0 amide bonds. The van der Waals surface area contributed by atoms with E-state index in [1.54, 1.807) is 0 Å². The highest BCUT2D eigenvalue weighted by atomic mass is 79.9. The molecule has 0 aliphatic carbocycles. The van der Waals surface area contributed by atoms with E-state index in [1.165, 1.54) is 4.68 Å². The quantitative estimate of drug-likeness (QED) is 0.404. The summed E-state index contributed by atoms with van der Waals surface area (Å²) in [6, 6.07) is 9.44. The Morgan fingerprint density at radius 1 is 0.704 bits per heavy atom. The Morgan fingerprint density at radius 2 is 1.19 bits per heavy atom. The third kappa shape index (κ3) is 5.50. The predicted octanol–water partition coefficient (Wildman–Crippen LogP) is 2.70. The van der Waals surface area contributed by atoms with Gasteiger partial charge in [-0.15, -0.1) is 0 Å². The molecular formula is C15H10Br4N4O4. The molecular weight excluding hydrogens is 620 g/mol. The molecule has 0 saturated heterocycles. The molecule has 0 unspecified atom stereocenters. The molecule has 27 heavy (non-hydrogen) atoms. The molecule has 0 fully saturated rings. The van der Waals surface area contributed by atoms with Crippen molar-refractivity contribution in [3.05, 3.63) is 95.2 Å². The first-order valence-electron chi connectivity index (χ1n) is 7.10. The number of aromatic nitrogens is 4. The monoisotopic (exact) mass is 626 g/mol. The summed E-state index contributed by atoms with van der Waals surface area (Å²) in [6.45, 7) is 0.334. The standard InChI is InChI=1S/C11H8Br2N2O2.C4H2Br2N2O2/c12-8-9(13)11(17)15(14-10(8)16)6-7-4-2-1-3-5-7;5-1-2(6)4(10)8-7-3(1)9/h1-5H,6H2,(H,14,16);(H,7,9)(H,8,10). The zero-order valence-electron chi connectivity index (χ0n) is 13.2. The lowest BCUT2D eigenvalue weighted by Crippen LogP contribution is -2.31. The van der Waals surface area contributed by atoms with E-state index in [4.69, 9.17) is 0 Å². The van der Waals surface area contributed by atoms with Gasteiger partial charge in [0, 0.05) is 0 Å². The number of aromatic amines is 3. The Morgan fingerprint density at radius 3 is 1.70 bits per heavy atom. The third-order valence-corrected chi connectivity index (χ3v) is 7.20. The molecule has 8 nitrogen and oxygen atoms in total. The molecule has 3 rings (SSSR count). The average Bonchev–Trinajstić information content (AvgIpc) is 2.67. The fourth-order valence-corrected chi connectivity index (χ4v) is 3.05. The van der Waals surface area contributed by atoms with Gasteiger partial charge in [0.2, 0.25) is 0 Å². The first-order chi connectivity index (χ1) is 12.7. The third-order valence-electron chi connectivity index (χ3n) is 3.13. The smallest absolute Gasteiger partial charge is 0.267 e. The average molecular weight is 630 g/mol. The summed E-state index contributed by atoms with van der Waals surface area (Å²) >= 11 is 12.0. The molecule has 0 aliphatic heterocycles. The molecule has 3 N–H and O–H groups in total. The fraction of sp³-hybridized carbons (Fsp3) is 0.0667. The molecule has 0 atom stereocenters. The van der Waals surface area contributed by atoms with Crippen molar-refractivity contribution in [1.82, 2.24) is 20.0 Å². The summed E-state index contributed by atoms with van der Waals surface area (Å²) in [4.78, 5) is 44.8. The van der Waals surface area contributed by atoms with Crippen LogP contribution in [0, 0.1) is 0 Å². The first kappa shape index (κ1) is 21.8. The minimum atomic E-state index is -0.369. The highest BCUT2D eigenvalue weighted by Gasteiger charge is 2.10. The molecule has 0 spiro atoms. The van der Waals surface area contributed by atoms with E-state index < -0.39 is 0 Å². The molecule has 1 aromatic carbocycles. The summed E-state index contributed by atoms with van der Waals surface area (Å²) in [5.74, 6) is 0. The van der Waals surface area contributed by atoms with Crippen molar-refractivity contribution in [2.45, 2.75) is 6.54 Å². The molecule has 0 aliphatic rings. The Kier molecular flexibility index (Phi) is 7.77. The van der Waals surface area contributed by atoms with E-state index in [-0.39, 0.29) is 40.1 Å². The summed E-state index contributed by atoms with van der Waals surface area (Å²) in [6.07, 6.45) is 0. The number of nitrogens with one attached hydrogen (secondary N) is 3. The van der Waals surface area contributed by atoms with Gasteiger partial charge in [0.25, 0.3) is 22.2 Å². The maximum Gasteiger partial charge on any atom is 0.281 e. The molecule has 2 aromatic heterocycles. The number of hydrogen-bond acceptors (Lipinski definition) is 4. The minimum Gasteiger partial charge on any atom is -0.267 e. The van der Waals surface area contributed by atoms with Gasteiger partial charge in [-0.25, -0.2) is 4.68 Å². The molecule has 0 bridgehead atoms. The van der Waals surface area contributed by atoms with Crippen LogP contribution >= 0.6 is 63.7 Å². The van der Waals surface area contributed by atoms with E-state index in [0.29, 0.717) is 6.54 Å². The van der Waals surface area contributed by atoms with Crippen LogP contribution in [0.25, 0.3) is 0 Å². The van der Waals surface area contributed by atoms with Gasteiger partial charge in [-0.2, -0.15) is 0 Å². The van der Waals surface area contributed by atoms with E-state index in [1.807, 2.05) is 30.3 Å². The Hall–Kier alpha value is -1.50. The number of benzene rings is 1. The second-order valence-electron chi connectivity index (χ2n) is 4.98. The van der Waals surface area contributed by atoms with Crippen LogP contribution in [0.5, 0.6) is 0 Å². The van der Waals surface area contributed by atoms with Crippen LogP contribution in [0.15, 0.2) is 67.4 Å². The topological polar surface area (TPSA) is 121 Å². The minimum absolute atomic E-state index is 0.205. The number of rotatable bonds is 2. The van der Waals surface area contributed by atoms with Crippen molar-refractivity contribution >= 4 is 63.7 Å². The summed E-state index contributed by atoms with van der Waals surface area (Å²) in [5.41, 5.74) is -0.412. The molecule has 3 aromatic rings. The van der Waals surface area contributed by atoms with Gasteiger partial charge >= 0.3 is 0 Å². The lowest BCUT2D eigenvalue weighted by Gasteiger charge is -2.06. The van der Waals surface area contributed by atoms with E-state index in [2.05, 4.69) is 79.0 Å². The summed E-state index contributed by atoms with van der Waals surface area (Å²) in [5, 5.41) is 6.78. The van der Waals surface area contributed by atoms with Gasteiger partial charge in [-0.05, 0) is 69.3 Å². The molecule has 2 heterocycles. The molecule has 142 valence electrons. The van der Waals surface area contributed by atoms with Crippen molar-refractivity contribution in [3.8, 4) is 0 Å². The van der Waals surface area contributed by atoms with Crippen LogP contribution in [-0.2, 0) is 6.54 Å². The van der Waals surface area contributed by atoms with Gasteiger partial charge in [0.1, 0.15) is 17.9 Å². The Labute approximate surface area is 184 Å². The highest BCUT2D eigenvalue weighted by Crippen LogP contribution is 2.13. The Balaban J connectivity index is 0.000000223. The second kappa shape index (κ2) is 9.62. The van der Waals surface area contributed by atoms with Gasteiger partial charge in [-0.3, -0.25) is 34.5 Å². The van der Waals surface area contributed by atoms with Gasteiger partial charge in [-0.1, -0.05) is 30.3 Å². The van der Waals surface area contributed by atoms with E-state index >= 15 is 0 Å². The molecule has 12 heteroatoms. The second-order valence-corrected chi connectivity index (χ2v) is 8.15. The molecule has 0 saturated carbocycles. The molecule has 0 radical (unpaired) electrons. The van der Waals surface area contributed by atoms with Gasteiger partial charge in [0.05, 0.1) is 6.54 Å². The number of hydrogen-bond donors (Lipinski definition) is 3. The van der Waals surface area contributed by atoms with Crippen molar-refractivity contribution in [2.75, 3.05) is 0 Å². The number of nitrogens with zero attached hydrogens (tertiary/aromatic N) is 1. The maximum absolute atomic E-state index is 11.9. The number of halogens is 4. The first-order valence-corrected chi connectivity index (χ1v) is 10.3. The lowest BCUT2D eigenvalue weighted by molar-refractivity contribution is 0.621. The van der Waals surface area contributed by atoms with Crippen molar-refractivity contribution < 1.29 is 0 Å². The van der Waals surface area contributed by atoms with E-state index in [0.717, 1.165) is 5.56 Å². The lowest BCUT2D eigenvalue weighted by atomic mass is 10.2. The number of H-pyrrole nitrogens is 3. The van der Waals surface area contributed by atoms with Crippen LogP contribution in [0.1, 0.15) is 5.56 Å². The van der Waals surface area contributed by atoms with Crippen LogP contribution in [-0.4, -0.2) is 20.0 Å². The van der Waals surface area contributed by atoms with Crippen LogP contribution < -0.4 is 22.2 Å². The normalized spacial score (nSPS) is 10.2. The van der Waals surface area contributed by atoms with Crippen LogP contribution in [0.2, 0.25) is 0 Å². The highest BCUT2D eigenvalue weighted by molar-refractivity contribution is 9.13. The largest absolute Gasteiger partial charge is 0.281 e. The zero-order chi connectivity index (χ0) is 20.1. The van der Waals surface area contributed by atoms with Crippen LogP contribution in [0.4, 0.5) is 0 Å². The van der Waals surface area contributed by atoms with Gasteiger partial charge < -0.3 is 0 Å². The predicted molar refractivity (Wildman–Crippen MR) is 115 cm³/mol. The summed E-state index contributed by atoms with van der Waals surface area (Å²) < 4.78 is 2.13. The van der Waals surface area contributed by atoms with Crippen molar-refractivity contribution in [3.63, 3.8) is 0 Å². The maximum atomic E-state index is 11.9. The van der Waals surface area contributed by atoms with Crippen molar-refractivity contribution in [1.29, 1.82) is 0 Å². The zero-order valence-corrected chi connectivity index (χ0v) is 19.5. The van der Waals surface area contributed by atoms with E-state index in [9.17, 15) is 19.2 Å². The van der Waals surface area contributed by atoms with Crippen molar-refractivity contribution in [2.24, 2.45) is 0 Å². The fourth-order valence-electron chi connectivity index (χ4n) is 1.83. The van der Waals surface area contributed by atoms with Crippen LogP contribution in [0.3, 0.4) is 0 Å². The van der Waals surface area contributed by atoms with Gasteiger partial charge in [0.15, 0.2) is 0 Å². The Bertz CT molecular complexity index is 1150.